The monoisotopic (exact) mass is 438 g/mol. The molecule has 0 atom stereocenters. The second kappa shape index (κ2) is 6.57. The summed E-state index contributed by atoms with van der Waals surface area (Å²) in [5.41, 5.74) is 1.18. The van der Waals surface area contributed by atoms with Crippen molar-refractivity contribution >= 4 is 53.4 Å². The van der Waals surface area contributed by atoms with Crippen molar-refractivity contribution in [2.75, 3.05) is 21.3 Å². The van der Waals surface area contributed by atoms with Crippen LogP contribution in [0.3, 0.4) is 0 Å². The van der Waals surface area contributed by atoms with Gasteiger partial charge in [-0.15, -0.1) is 0 Å². The first kappa shape index (κ1) is 16.4. The zero-order valence-corrected chi connectivity index (χ0v) is 16.2. The molecule has 23 heavy (non-hydrogen) atoms. The molecule has 0 heterocycles. The lowest BCUT2D eigenvalue weighted by atomic mass is 9.97. The highest BCUT2D eigenvalue weighted by atomic mass is 79.9. The van der Waals surface area contributed by atoms with Crippen molar-refractivity contribution in [2.45, 2.75) is 5.33 Å². The van der Waals surface area contributed by atoms with E-state index in [1.165, 1.54) is 5.56 Å². The number of ether oxygens (including phenoxy) is 3. The molecule has 3 aromatic rings. The number of hydrogen-bond acceptors (Lipinski definition) is 3. The highest BCUT2D eigenvalue weighted by Crippen LogP contribution is 2.43. The van der Waals surface area contributed by atoms with Crippen molar-refractivity contribution in [1.82, 2.24) is 0 Å². The Balaban J connectivity index is 2.53. The first-order valence-electron chi connectivity index (χ1n) is 7.04. The molecule has 120 valence electrons. The quantitative estimate of drug-likeness (QED) is 0.386. The number of benzene rings is 3. The van der Waals surface area contributed by atoms with Gasteiger partial charge in [-0.3, -0.25) is 0 Å². The van der Waals surface area contributed by atoms with E-state index >= 15 is 0 Å². The summed E-state index contributed by atoms with van der Waals surface area (Å²) in [5.74, 6) is 2.26. The molecule has 0 amide bonds. The Kier molecular flexibility index (Phi) is 4.69. The Bertz CT molecular complexity index is 891. The summed E-state index contributed by atoms with van der Waals surface area (Å²) in [6, 6.07) is 10.1. The fourth-order valence-corrected chi connectivity index (χ4v) is 4.49. The predicted molar refractivity (Wildman–Crippen MR) is 101 cm³/mol. The lowest BCUT2D eigenvalue weighted by Gasteiger charge is -2.16. The van der Waals surface area contributed by atoms with Gasteiger partial charge < -0.3 is 14.2 Å². The van der Waals surface area contributed by atoms with Crippen LogP contribution in [0.15, 0.2) is 34.8 Å². The zero-order valence-electron chi connectivity index (χ0n) is 13.1. The molecule has 3 aromatic carbocycles. The molecule has 0 N–H and O–H groups in total. The summed E-state index contributed by atoms with van der Waals surface area (Å²) in [7, 11) is 4.97. The third kappa shape index (κ3) is 2.66. The van der Waals surface area contributed by atoms with Crippen molar-refractivity contribution in [3.8, 4) is 17.2 Å². The highest BCUT2D eigenvalue weighted by molar-refractivity contribution is 9.11. The number of rotatable bonds is 4. The molecule has 0 aliphatic heterocycles. The van der Waals surface area contributed by atoms with Crippen LogP contribution in [0.1, 0.15) is 5.56 Å². The van der Waals surface area contributed by atoms with Crippen LogP contribution >= 0.6 is 31.9 Å². The van der Waals surface area contributed by atoms with Crippen LogP contribution in [0, 0.1) is 0 Å². The molecule has 3 rings (SSSR count). The smallest absolute Gasteiger partial charge is 0.161 e. The zero-order chi connectivity index (χ0) is 16.6. The molecular formula is C18H16Br2O3. The van der Waals surface area contributed by atoms with E-state index in [4.69, 9.17) is 14.2 Å². The van der Waals surface area contributed by atoms with E-state index in [2.05, 4.69) is 37.9 Å². The summed E-state index contributed by atoms with van der Waals surface area (Å²) in [6.45, 7) is 0. The lowest BCUT2D eigenvalue weighted by molar-refractivity contribution is 0.356. The Hall–Kier alpha value is -1.46. The SMILES string of the molecule is COc1ccc2c(Br)c(CBr)c3cc(OC)c(OC)cc3c2c1. The van der Waals surface area contributed by atoms with Crippen molar-refractivity contribution in [3.63, 3.8) is 0 Å². The number of alkyl halides is 1. The average molecular weight is 440 g/mol. The fraction of sp³-hybridized carbons (Fsp3) is 0.222. The van der Waals surface area contributed by atoms with E-state index in [0.717, 1.165) is 42.8 Å². The van der Waals surface area contributed by atoms with Crippen molar-refractivity contribution in [1.29, 1.82) is 0 Å². The van der Waals surface area contributed by atoms with Crippen molar-refractivity contribution < 1.29 is 14.2 Å². The Labute approximate surface area is 151 Å². The van der Waals surface area contributed by atoms with Gasteiger partial charge in [0, 0.05) is 9.80 Å². The molecule has 3 nitrogen and oxygen atoms in total. The van der Waals surface area contributed by atoms with Gasteiger partial charge in [-0.2, -0.15) is 0 Å². The van der Waals surface area contributed by atoms with Crippen LogP contribution in [0.2, 0.25) is 0 Å². The Morgan fingerprint density at radius 1 is 0.783 bits per heavy atom. The summed E-state index contributed by atoms with van der Waals surface area (Å²) < 4.78 is 17.4. The van der Waals surface area contributed by atoms with Gasteiger partial charge in [0.15, 0.2) is 11.5 Å². The van der Waals surface area contributed by atoms with Crippen LogP contribution in [0.5, 0.6) is 17.2 Å². The normalized spacial score (nSPS) is 11.0. The van der Waals surface area contributed by atoms with E-state index in [0.29, 0.717) is 5.75 Å². The molecule has 0 saturated carbocycles. The van der Waals surface area contributed by atoms with Crippen LogP contribution in [0.25, 0.3) is 21.5 Å². The van der Waals surface area contributed by atoms with Gasteiger partial charge in [0.05, 0.1) is 21.3 Å². The third-order valence-corrected chi connectivity index (χ3v) is 5.47. The summed E-state index contributed by atoms with van der Waals surface area (Å²) in [6.07, 6.45) is 0. The lowest BCUT2D eigenvalue weighted by Crippen LogP contribution is -1.94. The number of methoxy groups -OCH3 is 3. The Morgan fingerprint density at radius 2 is 1.39 bits per heavy atom. The van der Waals surface area contributed by atoms with E-state index in [1.54, 1.807) is 21.3 Å². The minimum Gasteiger partial charge on any atom is -0.497 e. The molecule has 5 heteroatoms. The molecule has 0 bridgehead atoms. The third-order valence-electron chi connectivity index (χ3n) is 4.00. The molecule has 0 spiro atoms. The molecule has 0 unspecified atom stereocenters. The number of halogens is 2. The van der Waals surface area contributed by atoms with Gasteiger partial charge >= 0.3 is 0 Å². The minimum absolute atomic E-state index is 0.715. The average Bonchev–Trinajstić information content (AvgIpc) is 2.60. The molecule has 0 aliphatic rings. The van der Waals surface area contributed by atoms with Gasteiger partial charge in [0.1, 0.15) is 5.75 Å². The summed E-state index contributed by atoms with van der Waals surface area (Å²) in [4.78, 5) is 0. The maximum atomic E-state index is 5.47. The van der Waals surface area contributed by atoms with Gasteiger partial charge in [0.25, 0.3) is 0 Å². The van der Waals surface area contributed by atoms with Gasteiger partial charge in [-0.05, 0) is 73.4 Å². The summed E-state index contributed by atoms with van der Waals surface area (Å²) in [5, 5.41) is 5.21. The van der Waals surface area contributed by atoms with Crippen LogP contribution in [-0.2, 0) is 5.33 Å². The first-order valence-corrected chi connectivity index (χ1v) is 8.95. The van der Waals surface area contributed by atoms with Crippen LogP contribution in [0.4, 0.5) is 0 Å². The largest absolute Gasteiger partial charge is 0.497 e. The van der Waals surface area contributed by atoms with Gasteiger partial charge in [-0.25, -0.2) is 0 Å². The van der Waals surface area contributed by atoms with Gasteiger partial charge in [0.2, 0.25) is 0 Å². The molecule has 0 saturated heterocycles. The maximum Gasteiger partial charge on any atom is 0.161 e. The summed E-state index contributed by atoms with van der Waals surface area (Å²) >= 11 is 7.35. The van der Waals surface area contributed by atoms with Crippen LogP contribution < -0.4 is 14.2 Å². The van der Waals surface area contributed by atoms with E-state index in [9.17, 15) is 0 Å². The number of fused-ring (bicyclic) bond motifs is 3. The number of hydrogen-bond donors (Lipinski definition) is 0. The van der Waals surface area contributed by atoms with Crippen molar-refractivity contribution in [2.24, 2.45) is 0 Å². The minimum atomic E-state index is 0.715. The van der Waals surface area contributed by atoms with E-state index < -0.39 is 0 Å². The van der Waals surface area contributed by atoms with Crippen LogP contribution in [-0.4, -0.2) is 21.3 Å². The molecule has 0 radical (unpaired) electrons. The molecule has 0 aliphatic carbocycles. The van der Waals surface area contributed by atoms with E-state index in [1.807, 2.05) is 24.3 Å². The predicted octanol–water partition coefficient (Wildman–Crippen LogP) is 5.68. The molecular weight excluding hydrogens is 424 g/mol. The van der Waals surface area contributed by atoms with Gasteiger partial charge in [-0.1, -0.05) is 15.9 Å². The fourth-order valence-electron chi connectivity index (χ4n) is 2.83. The molecule has 0 fully saturated rings. The topological polar surface area (TPSA) is 27.7 Å². The highest BCUT2D eigenvalue weighted by Gasteiger charge is 2.16. The standard InChI is InChI=1S/C18H16Br2O3/c1-21-10-4-5-11-12(6-10)13-7-16(22-2)17(23-3)8-14(13)15(9-19)18(11)20/h4-8H,9H2,1-3H3. The first-order chi connectivity index (χ1) is 11.1. The second-order valence-corrected chi connectivity index (χ2v) is 6.44. The second-order valence-electron chi connectivity index (χ2n) is 5.09. The van der Waals surface area contributed by atoms with Crippen molar-refractivity contribution in [3.05, 3.63) is 40.4 Å². The van der Waals surface area contributed by atoms with E-state index in [-0.39, 0.29) is 0 Å². The molecule has 0 aromatic heterocycles. The maximum absolute atomic E-state index is 5.47. The Morgan fingerprint density at radius 3 is 1.96 bits per heavy atom.